The lowest BCUT2D eigenvalue weighted by Gasteiger charge is -2.16. The highest BCUT2D eigenvalue weighted by molar-refractivity contribution is 8.00. The van der Waals surface area contributed by atoms with Crippen LogP contribution >= 0.6 is 23.1 Å². The maximum Gasteiger partial charge on any atom is 0.263 e. The molecule has 0 saturated carbocycles. The van der Waals surface area contributed by atoms with Gasteiger partial charge in [-0.1, -0.05) is 18.2 Å². The molecule has 0 bridgehead atoms. The van der Waals surface area contributed by atoms with E-state index in [0.29, 0.717) is 17.5 Å². The lowest BCUT2D eigenvalue weighted by Crippen LogP contribution is -2.32. The Bertz CT molecular complexity index is 1080. The predicted molar refractivity (Wildman–Crippen MR) is 110 cm³/mol. The number of rotatable bonds is 4. The number of nitrogens with one attached hydrogen (secondary N) is 1. The maximum atomic E-state index is 13.5. The molecule has 4 heterocycles. The fourth-order valence-corrected chi connectivity index (χ4v) is 6.45. The molecule has 1 atom stereocenters. The zero-order valence-electron chi connectivity index (χ0n) is 15.4. The minimum Gasteiger partial charge on any atom is -0.467 e. The van der Waals surface area contributed by atoms with E-state index in [0.717, 1.165) is 55.3 Å². The SMILES string of the molecule is O=C1NCCCC[C@@H]1Sc1nc2sc3c(c2c(=O)n1Cc1ccco1)CCC3. The second-order valence-electron chi connectivity index (χ2n) is 7.30. The number of aryl methyl sites for hydroxylation is 2. The van der Waals surface area contributed by atoms with Gasteiger partial charge in [0.2, 0.25) is 5.91 Å². The van der Waals surface area contributed by atoms with Crippen molar-refractivity contribution in [3.05, 3.63) is 45.0 Å². The summed E-state index contributed by atoms with van der Waals surface area (Å²) in [7, 11) is 0. The number of fused-ring (bicyclic) bond motifs is 3. The van der Waals surface area contributed by atoms with Crippen LogP contribution in [0.15, 0.2) is 32.8 Å². The molecule has 2 aliphatic rings. The molecular formula is C20H21N3O3S2. The average Bonchev–Trinajstić information content (AvgIpc) is 3.37. The first kappa shape index (κ1) is 18.0. The van der Waals surface area contributed by atoms with Crippen LogP contribution in [0.5, 0.6) is 0 Å². The van der Waals surface area contributed by atoms with Gasteiger partial charge in [0.25, 0.3) is 5.56 Å². The molecule has 1 aliphatic carbocycles. The van der Waals surface area contributed by atoms with Crippen molar-refractivity contribution in [2.45, 2.75) is 55.5 Å². The molecular weight excluding hydrogens is 394 g/mol. The first-order chi connectivity index (χ1) is 13.7. The summed E-state index contributed by atoms with van der Waals surface area (Å²) in [5.74, 6) is 0.748. The van der Waals surface area contributed by atoms with Gasteiger partial charge in [-0.15, -0.1) is 11.3 Å². The molecule has 0 radical (unpaired) electrons. The number of furan rings is 1. The summed E-state index contributed by atoms with van der Waals surface area (Å²) in [5.41, 5.74) is 1.16. The number of amides is 1. The smallest absolute Gasteiger partial charge is 0.263 e. The Morgan fingerprint density at radius 1 is 1.29 bits per heavy atom. The lowest BCUT2D eigenvalue weighted by atomic mass is 10.2. The van der Waals surface area contributed by atoms with Gasteiger partial charge in [-0.05, 0) is 49.8 Å². The van der Waals surface area contributed by atoms with Gasteiger partial charge < -0.3 is 9.73 Å². The molecule has 28 heavy (non-hydrogen) atoms. The molecule has 3 aromatic rings. The average molecular weight is 416 g/mol. The zero-order valence-corrected chi connectivity index (χ0v) is 17.0. The number of hydrogen-bond acceptors (Lipinski definition) is 6. The molecule has 0 aromatic carbocycles. The third kappa shape index (κ3) is 3.18. The van der Waals surface area contributed by atoms with Crippen LogP contribution in [0.3, 0.4) is 0 Å². The van der Waals surface area contributed by atoms with Crippen molar-refractivity contribution < 1.29 is 9.21 Å². The molecule has 8 heteroatoms. The first-order valence-electron chi connectivity index (χ1n) is 9.72. The molecule has 5 rings (SSSR count). The fourth-order valence-electron chi connectivity index (χ4n) is 4.00. The van der Waals surface area contributed by atoms with Crippen LogP contribution in [-0.4, -0.2) is 27.3 Å². The Hall–Kier alpha value is -2.06. The predicted octanol–water partition coefficient (Wildman–Crippen LogP) is 3.35. The van der Waals surface area contributed by atoms with Crippen molar-refractivity contribution in [1.82, 2.24) is 14.9 Å². The largest absolute Gasteiger partial charge is 0.467 e. The summed E-state index contributed by atoms with van der Waals surface area (Å²) >= 11 is 3.05. The zero-order chi connectivity index (χ0) is 19.1. The van der Waals surface area contributed by atoms with Crippen molar-refractivity contribution in [3.8, 4) is 0 Å². The Morgan fingerprint density at radius 2 is 2.21 bits per heavy atom. The Morgan fingerprint density at radius 3 is 3.07 bits per heavy atom. The monoisotopic (exact) mass is 415 g/mol. The van der Waals surface area contributed by atoms with Gasteiger partial charge in [0.05, 0.1) is 23.4 Å². The van der Waals surface area contributed by atoms with Crippen molar-refractivity contribution in [3.63, 3.8) is 0 Å². The van der Waals surface area contributed by atoms with Crippen LogP contribution in [0.2, 0.25) is 0 Å². The van der Waals surface area contributed by atoms with Gasteiger partial charge in [0.15, 0.2) is 5.16 Å². The highest BCUT2D eigenvalue weighted by atomic mass is 32.2. The van der Waals surface area contributed by atoms with E-state index in [-0.39, 0.29) is 16.7 Å². The summed E-state index contributed by atoms with van der Waals surface area (Å²) in [6, 6.07) is 3.68. The van der Waals surface area contributed by atoms with Gasteiger partial charge in [0.1, 0.15) is 10.6 Å². The molecule has 0 spiro atoms. The Labute approximate surface area is 170 Å². The lowest BCUT2D eigenvalue weighted by molar-refractivity contribution is -0.120. The van der Waals surface area contributed by atoms with Gasteiger partial charge in [-0.3, -0.25) is 14.2 Å². The van der Waals surface area contributed by atoms with Crippen LogP contribution in [0.1, 0.15) is 41.9 Å². The van der Waals surface area contributed by atoms with Crippen LogP contribution in [-0.2, 0) is 24.2 Å². The number of carbonyl (C=O) groups excluding carboxylic acids is 1. The third-order valence-corrected chi connectivity index (χ3v) is 7.86. The topological polar surface area (TPSA) is 77.1 Å². The van der Waals surface area contributed by atoms with E-state index in [1.165, 1.54) is 22.2 Å². The summed E-state index contributed by atoms with van der Waals surface area (Å²) in [6.45, 7) is 1.05. The minimum absolute atomic E-state index is 0.0164. The Balaban J connectivity index is 1.61. The molecule has 1 amide bonds. The first-order valence-corrected chi connectivity index (χ1v) is 11.4. The highest BCUT2D eigenvalue weighted by Gasteiger charge is 2.27. The summed E-state index contributed by atoms with van der Waals surface area (Å²) in [6.07, 6.45) is 7.48. The second-order valence-corrected chi connectivity index (χ2v) is 9.55. The molecule has 146 valence electrons. The number of thiophene rings is 1. The van der Waals surface area contributed by atoms with Crippen LogP contribution in [0, 0.1) is 0 Å². The van der Waals surface area contributed by atoms with E-state index < -0.39 is 0 Å². The van der Waals surface area contributed by atoms with Gasteiger partial charge in [-0.25, -0.2) is 4.98 Å². The standard InChI is InChI=1S/C20H21N3O3S2/c24-17-15(7-1-2-9-21-17)28-20-22-18-16(13-6-3-8-14(13)27-18)19(25)23(20)11-12-5-4-10-26-12/h4-5,10,15H,1-3,6-9,11H2,(H,21,24)/t15-/m0/s1. The highest BCUT2D eigenvalue weighted by Crippen LogP contribution is 2.36. The van der Waals surface area contributed by atoms with E-state index in [4.69, 9.17) is 9.40 Å². The van der Waals surface area contributed by atoms with E-state index >= 15 is 0 Å². The quantitative estimate of drug-likeness (QED) is 0.661. The van der Waals surface area contributed by atoms with E-state index in [1.54, 1.807) is 22.2 Å². The van der Waals surface area contributed by atoms with Crippen LogP contribution < -0.4 is 10.9 Å². The summed E-state index contributed by atoms with van der Waals surface area (Å²) in [4.78, 5) is 32.9. The van der Waals surface area contributed by atoms with E-state index in [1.807, 2.05) is 12.1 Å². The fraction of sp³-hybridized carbons (Fsp3) is 0.450. The van der Waals surface area contributed by atoms with E-state index in [2.05, 4.69) is 5.32 Å². The molecule has 0 unspecified atom stereocenters. The normalized spacial score (nSPS) is 19.6. The number of thioether (sulfide) groups is 1. The van der Waals surface area contributed by atoms with Crippen molar-refractivity contribution in [1.29, 1.82) is 0 Å². The summed E-state index contributed by atoms with van der Waals surface area (Å²) in [5, 5.41) is 4.12. The van der Waals surface area contributed by atoms with E-state index in [9.17, 15) is 9.59 Å². The van der Waals surface area contributed by atoms with Crippen molar-refractivity contribution in [2.75, 3.05) is 6.54 Å². The maximum absolute atomic E-state index is 13.5. The second kappa shape index (κ2) is 7.40. The van der Waals surface area contributed by atoms with Gasteiger partial charge in [-0.2, -0.15) is 0 Å². The molecule has 1 aliphatic heterocycles. The summed E-state index contributed by atoms with van der Waals surface area (Å²) < 4.78 is 7.18. The molecule has 6 nitrogen and oxygen atoms in total. The molecule has 3 aromatic heterocycles. The molecule has 1 fully saturated rings. The number of hydrogen-bond donors (Lipinski definition) is 1. The number of aromatic nitrogens is 2. The van der Waals surface area contributed by atoms with Gasteiger partial charge in [0, 0.05) is 11.4 Å². The molecule has 1 saturated heterocycles. The van der Waals surface area contributed by atoms with Gasteiger partial charge >= 0.3 is 0 Å². The number of nitrogens with zero attached hydrogens (tertiary/aromatic N) is 2. The Kier molecular flexibility index (Phi) is 4.76. The third-order valence-electron chi connectivity index (χ3n) is 5.42. The van der Waals surface area contributed by atoms with Crippen molar-refractivity contribution in [2.24, 2.45) is 0 Å². The van der Waals surface area contributed by atoms with Crippen LogP contribution in [0.25, 0.3) is 10.2 Å². The van der Waals surface area contributed by atoms with Crippen molar-refractivity contribution >= 4 is 39.2 Å². The molecule has 1 N–H and O–H groups in total. The van der Waals surface area contributed by atoms with Crippen LogP contribution in [0.4, 0.5) is 0 Å². The number of carbonyl (C=O) groups is 1. The minimum atomic E-state index is -0.221.